The molecule has 0 spiro atoms. The van der Waals surface area contributed by atoms with Crippen LogP contribution in [0.15, 0.2) is 4.99 Å². The minimum atomic E-state index is -1.61. The summed E-state index contributed by atoms with van der Waals surface area (Å²) in [5, 5.41) is 48.8. The molecular weight excluding hydrogens is 440 g/mol. The minimum Gasteiger partial charge on any atom is -0.463 e. The molecule has 0 aromatic carbocycles. The molecule has 1 unspecified atom stereocenters. The maximum Gasteiger partial charge on any atom is 0.434 e. The van der Waals surface area contributed by atoms with Gasteiger partial charge in [-0.1, -0.05) is 0 Å². The molecule has 190 valence electrons. The van der Waals surface area contributed by atoms with E-state index >= 15 is 0 Å². The lowest BCUT2D eigenvalue weighted by molar-refractivity contribution is -0.166. The molecule has 13 heteroatoms. The first-order chi connectivity index (χ1) is 14.9. The molecular formula is C20H36N4O9. The molecule has 1 fully saturated rings. The summed E-state index contributed by atoms with van der Waals surface area (Å²) in [4.78, 5) is 43.9. The molecule has 0 bridgehead atoms. The molecule has 0 radical (unpaired) electrons. The Hall–Kier alpha value is -2.48. The third kappa shape index (κ3) is 7.52. The molecule has 1 heterocycles. The number of amides is 3. The number of ether oxygens (including phenoxy) is 1. The summed E-state index contributed by atoms with van der Waals surface area (Å²) in [6, 6.07) is -1.19. The number of aliphatic imine (C=N–C) groups is 1. The Morgan fingerprint density at radius 3 is 2.03 bits per heavy atom. The Morgan fingerprint density at radius 2 is 1.61 bits per heavy atom. The van der Waals surface area contributed by atoms with Crippen molar-refractivity contribution < 1.29 is 44.7 Å². The third-order valence-electron chi connectivity index (χ3n) is 4.79. The van der Waals surface area contributed by atoms with E-state index in [1.165, 1.54) is 7.05 Å². The molecule has 0 saturated carbocycles. The number of rotatable bonds is 3. The lowest BCUT2D eigenvalue weighted by atomic mass is 9.94. The third-order valence-corrected chi connectivity index (χ3v) is 4.79. The highest BCUT2D eigenvalue weighted by Crippen LogP contribution is 2.22. The van der Waals surface area contributed by atoms with E-state index in [1.807, 2.05) is 0 Å². The number of carboxylic acid groups (broad SMARTS) is 1. The fourth-order valence-electron chi connectivity index (χ4n) is 3.30. The maximum absolute atomic E-state index is 13.0. The lowest BCUT2D eigenvalue weighted by Crippen LogP contribution is -2.65. The molecule has 33 heavy (non-hydrogen) atoms. The topological polar surface area (TPSA) is 184 Å². The van der Waals surface area contributed by atoms with Gasteiger partial charge in [0.2, 0.25) is 11.9 Å². The summed E-state index contributed by atoms with van der Waals surface area (Å²) in [6.07, 6.45) is -7.07. The fraction of sp³-hybridized carbons (Fsp3) is 0.800. The number of guanidine groups is 1. The molecule has 0 aromatic heterocycles. The smallest absolute Gasteiger partial charge is 0.434 e. The second-order valence-corrected chi connectivity index (χ2v) is 9.88. The van der Waals surface area contributed by atoms with E-state index in [1.54, 1.807) is 41.5 Å². The van der Waals surface area contributed by atoms with Gasteiger partial charge in [0.05, 0.1) is 19.2 Å². The van der Waals surface area contributed by atoms with Crippen LogP contribution in [0.2, 0.25) is 0 Å². The van der Waals surface area contributed by atoms with Crippen molar-refractivity contribution in [3.05, 3.63) is 0 Å². The standard InChI is InChI=1S/C20H36N4O9/c1-19(2,3)24(18(32)33-20(4,5)6)16(21-17(30)31)22(7)9-13(27)23-8-12(26)15(29)14(28)11(23)10-25/h11-12,14-15,25-26,28-29H,8-10H2,1-7H3,(H,30,31)/t11?,12-,14-,15+/m0/s1. The van der Waals surface area contributed by atoms with E-state index in [0.29, 0.717) is 0 Å². The second-order valence-electron chi connectivity index (χ2n) is 9.88. The molecule has 0 aliphatic carbocycles. The van der Waals surface area contributed by atoms with Crippen LogP contribution < -0.4 is 0 Å². The number of hydrogen-bond acceptors (Lipinski definition) is 8. The zero-order valence-corrected chi connectivity index (χ0v) is 20.1. The van der Waals surface area contributed by atoms with Crippen LogP contribution in [0.3, 0.4) is 0 Å². The predicted octanol–water partition coefficient (Wildman–Crippen LogP) is -0.726. The van der Waals surface area contributed by atoms with Gasteiger partial charge >= 0.3 is 12.2 Å². The second kappa shape index (κ2) is 10.6. The SMILES string of the molecule is CN(CC(=O)N1C[C@H](O)[C@@H](O)[C@@H](O)C1CO)C(=NC(=O)O)N(C(=O)OC(C)(C)C)C(C)(C)C. The Morgan fingerprint density at radius 1 is 1.06 bits per heavy atom. The Labute approximate surface area is 192 Å². The van der Waals surface area contributed by atoms with Crippen LogP contribution in [0, 0.1) is 0 Å². The van der Waals surface area contributed by atoms with Gasteiger partial charge in [-0.15, -0.1) is 4.99 Å². The van der Waals surface area contributed by atoms with E-state index in [2.05, 4.69) is 4.99 Å². The molecule has 13 nitrogen and oxygen atoms in total. The highest BCUT2D eigenvalue weighted by Gasteiger charge is 2.44. The van der Waals surface area contributed by atoms with Crippen LogP contribution in [0.1, 0.15) is 41.5 Å². The summed E-state index contributed by atoms with van der Waals surface area (Å²) < 4.78 is 5.40. The van der Waals surface area contributed by atoms with Crippen molar-refractivity contribution in [1.82, 2.24) is 14.7 Å². The highest BCUT2D eigenvalue weighted by atomic mass is 16.6. The summed E-state index contributed by atoms with van der Waals surface area (Å²) in [7, 11) is 1.34. The van der Waals surface area contributed by atoms with E-state index in [9.17, 15) is 39.9 Å². The van der Waals surface area contributed by atoms with Crippen molar-refractivity contribution in [2.45, 2.75) is 77.0 Å². The number of carbonyl (C=O) groups is 3. The van der Waals surface area contributed by atoms with Gasteiger partial charge in [0.1, 0.15) is 23.9 Å². The Kier molecular flexibility index (Phi) is 9.20. The van der Waals surface area contributed by atoms with Gasteiger partial charge in [-0.25, -0.2) is 14.5 Å². The first-order valence-electron chi connectivity index (χ1n) is 10.4. The summed E-state index contributed by atoms with van der Waals surface area (Å²) >= 11 is 0. The van der Waals surface area contributed by atoms with Crippen LogP contribution in [0.25, 0.3) is 0 Å². The van der Waals surface area contributed by atoms with E-state index in [0.717, 1.165) is 14.7 Å². The van der Waals surface area contributed by atoms with Gasteiger partial charge < -0.3 is 40.1 Å². The van der Waals surface area contributed by atoms with Gasteiger partial charge in [0.15, 0.2) is 0 Å². The van der Waals surface area contributed by atoms with E-state index in [-0.39, 0.29) is 12.5 Å². The molecule has 5 N–H and O–H groups in total. The quantitative estimate of drug-likeness (QED) is 0.257. The molecule has 0 aromatic rings. The molecule has 1 rings (SSSR count). The van der Waals surface area contributed by atoms with Crippen LogP contribution in [0.4, 0.5) is 9.59 Å². The lowest BCUT2D eigenvalue weighted by Gasteiger charge is -2.44. The number of nitrogens with zero attached hydrogens (tertiary/aromatic N) is 4. The monoisotopic (exact) mass is 476 g/mol. The average molecular weight is 477 g/mol. The number of carbonyl (C=O) groups excluding carboxylic acids is 2. The van der Waals surface area contributed by atoms with Crippen molar-refractivity contribution in [3.63, 3.8) is 0 Å². The van der Waals surface area contributed by atoms with Crippen LogP contribution in [-0.2, 0) is 9.53 Å². The van der Waals surface area contributed by atoms with Gasteiger partial charge in [-0.2, -0.15) is 0 Å². The molecule has 1 aliphatic heterocycles. The predicted molar refractivity (Wildman–Crippen MR) is 117 cm³/mol. The summed E-state index contributed by atoms with van der Waals surface area (Å²) in [5.41, 5.74) is -1.89. The molecule has 1 saturated heterocycles. The molecule has 3 amide bonds. The average Bonchev–Trinajstić information content (AvgIpc) is 2.62. The van der Waals surface area contributed by atoms with Crippen molar-refractivity contribution in [3.8, 4) is 0 Å². The summed E-state index contributed by atoms with van der Waals surface area (Å²) in [5.74, 6) is -1.09. The zero-order chi connectivity index (χ0) is 25.9. The van der Waals surface area contributed by atoms with Gasteiger partial charge in [-0.05, 0) is 41.5 Å². The maximum atomic E-state index is 13.0. The number of likely N-dealkylation sites (tertiary alicyclic amines) is 1. The van der Waals surface area contributed by atoms with Gasteiger partial charge in [0, 0.05) is 19.1 Å². The van der Waals surface area contributed by atoms with Crippen LogP contribution in [-0.4, -0.2) is 127 Å². The first-order valence-corrected chi connectivity index (χ1v) is 10.4. The zero-order valence-electron chi connectivity index (χ0n) is 20.1. The number of aliphatic hydroxyl groups is 4. The van der Waals surface area contributed by atoms with Crippen molar-refractivity contribution >= 4 is 24.1 Å². The Balaban J connectivity index is 3.28. The number of piperidine rings is 1. The highest BCUT2D eigenvalue weighted by molar-refractivity contribution is 6.00. The number of likely N-dealkylation sites (N-methyl/N-ethyl adjacent to an activating group) is 1. The van der Waals surface area contributed by atoms with Crippen LogP contribution in [0.5, 0.6) is 0 Å². The van der Waals surface area contributed by atoms with Gasteiger partial charge in [-0.3, -0.25) is 4.79 Å². The Bertz CT molecular complexity index is 760. The van der Waals surface area contributed by atoms with Gasteiger partial charge in [0.25, 0.3) is 0 Å². The normalized spacial score (nSPS) is 24.3. The fourth-order valence-corrected chi connectivity index (χ4v) is 3.30. The summed E-state index contributed by atoms with van der Waals surface area (Å²) in [6.45, 7) is 8.25. The van der Waals surface area contributed by atoms with E-state index in [4.69, 9.17) is 4.74 Å². The number of β-amino-alcohol motifs (C(OH)–C–C–N with tert-alkyl or cyclic N) is 1. The van der Waals surface area contributed by atoms with Crippen molar-refractivity contribution in [1.29, 1.82) is 0 Å². The molecule has 1 aliphatic rings. The van der Waals surface area contributed by atoms with Crippen molar-refractivity contribution in [2.75, 3.05) is 26.7 Å². The largest absolute Gasteiger partial charge is 0.463 e. The first kappa shape index (κ1) is 28.6. The van der Waals surface area contributed by atoms with E-state index < -0.39 is 66.7 Å². The number of aliphatic hydroxyl groups excluding tert-OH is 4. The van der Waals surface area contributed by atoms with Crippen LogP contribution >= 0.6 is 0 Å². The minimum absolute atomic E-state index is 0.364. The molecule has 4 atom stereocenters. The number of hydrogen-bond donors (Lipinski definition) is 5. The van der Waals surface area contributed by atoms with Crippen molar-refractivity contribution in [2.24, 2.45) is 4.99 Å².